The summed E-state index contributed by atoms with van der Waals surface area (Å²) >= 11 is 0. The number of aromatic nitrogens is 2. The standard InChI is InChI=1S/C24H30FN7O5/c1-24(2)35-13-18(37-24)14-36-31-17-6-8-32(9-7-17)22-28-10-16(11-29-22)19-5-3-4-15(20(19)25)12-34-23(33)30-21(26)27/h3-5,10-11,18H,6-9,12-14H2,1-2H3,(H4,26,27,30,33). The first-order valence-electron chi connectivity index (χ1n) is 11.8. The summed E-state index contributed by atoms with van der Waals surface area (Å²) in [4.78, 5) is 27.9. The molecular formula is C24H30FN7O5. The van der Waals surface area contributed by atoms with Crippen molar-refractivity contribution in [2.45, 2.75) is 45.2 Å². The molecule has 1 aromatic heterocycles. The molecule has 1 aromatic carbocycles. The van der Waals surface area contributed by atoms with Gasteiger partial charge in [-0.05, 0) is 13.8 Å². The Hall–Kier alpha value is -3.84. The number of piperidine rings is 1. The Labute approximate surface area is 213 Å². The van der Waals surface area contributed by atoms with Gasteiger partial charge in [-0.3, -0.25) is 10.7 Å². The van der Waals surface area contributed by atoms with Gasteiger partial charge in [0, 0.05) is 55.0 Å². The van der Waals surface area contributed by atoms with E-state index in [1.54, 1.807) is 24.5 Å². The topological polar surface area (TPSA) is 157 Å². The van der Waals surface area contributed by atoms with Crippen LogP contribution < -0.4 is 16.0 Å². The highest BCUT2D eigenvalue weighted by Crippen LogP contribution is 2.26. The minimum atomic E-state index is -0.937. The number of benzene rings is 1. The first-order chi connectivity index (χ1) is 17.7. The van der Waals surface area contributed by atoms with Crippen LogP contribution in [0.3, 0.4) is 0 Å². The number of hydrogen-bond acceptors (Lipinski definition) is 10. The molecule has 4 N–H and O–H groups in total. The zero-order valence-corrected chi connectivity index (χ0v) is 20.7. The molecule has 198 valence electrons. The smallest absolute Gasteiger partial charge is 0.414 e. The molecule has 0 saturated carbocycles. The van der Waals surface area contributed by atoms with Gasteiger partial charge in [0.1, 0.15) is 25.1 Å². The molecular weight excluding hydrogens is 485 g/mol. The number of amides is 1. The van der Waals surface area contributed by atoms with Crippen LogP contribution in [0.5, 0.6) is 0 Å². The van der Waals surface area contributed by atoms with Crippen LogP contribution in [0.25, 0.3) is 11.1 Å². The second kappa shape index (κ2) is 11.5. The molecule has 2 aliphatic heterocycles. The number of guanidine groups is 1. The number of nitrogens with one attached hydrogen (secondary N) is 2. The maximum atomic E-state index is 15.0. The van der Waals surface area contributed by atoms with E-state index in [2.05, 4.69) is 15.1 Å². The summed E-state index contributed by atoms with van der Waals surface area (Å²) in [5.74, 6) is -1.15. The summed E-state index contributed by atoms with van der Waals surface area (Å²) in [5, 5.41) is 13.2. The third-order valence-electron chi connectivity index (χ3n) is 5.77. The zero-order chi connectivity index (χ0) is 26.4. The molecule has 13 heteroatoms. The number of alkyl carbamates (subject to hydrolysis) is 1. The molecule has 1 amide bonds. The lowest BCUT2D eigenvalue weighted by Gasteiger charge is -2.27. The Morgan fingerprint density at radius 2 is 2.05 bits per heavy atom. The normalized spacial score (nSPS) is 18.8. The molecule has 0 bridgehead atoms. The average Bonchev–Trinajstić information content (AvgIpc) is 3.22. The third kappa shape index (κ3) is 7.11. The van der Waals surface area contributed by atoms with Crippen molar-refractivity contribution in [3.63, 3.8) is 0 Å². The Kier molecular flexibility index (Phi) is 8.14. The minimum Gasteiger partial charge on any atom is -0.444 e. The molecule has 0 radical (unpaired) electrons. The molecule has 1 unspecified atom stereocenters. The first-order valence-corrected chi connectivity index (χ1v) is 11.8. The summed E-state index contributed by atoms with van der Waals surface area (Å²) in [7, 11) is 0. The summed E-state index contributed by atoms with van der Waals surface area (Å²) in [6.45, 7) is 5.61. The number of carbonyl (C=O) groups is 1. The predicted octanol–water partition coefficient (Wildman–Crippen LogP) is 2.53. The molecule has 4 rings (SSSR count). The second-order valence-corrected chi connectivity index (χ2v) is 9.06. The van der Waals surface area contributed by atoms with Crippen molar-refractivity contribution in [3.8, 4) is 11.1 Å². The van der Waals surface area contributed by atoms with Crippen molar-refractivity contribution in [1.82, 2.24) is 15.3 Å². The van der Waals surface area contributed by atoms with E-state index in [1.807, 2.05) is 24.1 Å². The molecule has 2 fully saturated rings. The van der Waals surface area contributed by atoms with E-state index in [-0.39, 0.29) is 23.8 Å². The molecule has 12 nitrogen and oxygen atoms in total. The van der Waals surface area contributed by atoms with Gasteiger partial charge in [0.25, 0.3) is 0 Å². The lowest BCUT2D eigenvalue weighted by molar-refractivity contribution is -0.145. The molecule has 3 heterocycles. The highest BCUT2D eigenvalue weighted by Gasteiger charge is 2.33. The fourth-order valence-corrected chi connectivity index (χ4v) is 3.94. The fourth-order valence-electron chi connectivity index (χ4n) is 3.94. The molecule has 2 aromatic rings. The summed E-state index contributed by atoms with van der Waals surface area (Å²) in [6.07, 6.45) is 3.49. The van der Waals surface area contributed by atoms with Crippen LogP contribution in [0.1, 0.15) is 32.3 Å². The van der Waals surface area contributed by atoms with Gasteiger partial charge >= 0.3 is 6.09 Å². The van der Waals surface area contributed by atoms with E-state index in [9.17, 15) is 4.79 Å². The van der Waals surface area contributed by atoms with E-state index in [0.717, 1.165) is 5.71 Å². The van der Waals surface area contributed by atoms with Crippen LogP contribution in [0.2, 0.25) is 0 Å². The highest BCUT2D eigenvalue weighted by molar-refractivity contribution is 5.90. The maximum absolute atomic E-state index is 15.0. The zero-order valence-electron chi connectivity index (χ0n) is 20.7. The summed E-state index contributed by atoms with van der Waals surface area (Å²) in [5.41, 5.74) is 6.98. The van der Waals surface area contributed by atoms with E-state index in [1.165, 1.54) is 6.07 Å². The van der Waals surface area contributed by atoms with Crippen molar-refractivity contribution in [3.05, 3.63) is 42.0 Å². The van der Waals surface area contributed by atoms with Gasteiger partial charge in [0.05, 0.1) is 12.3 Å². The van der Waals surface area contributed by atoms with Crippen LogP contribution in [0.4, 0.5) is 15.1 Å². The largest absolute Gasteiger partial charge is 0.444 e. The molecule has 2 saturated heterocycles. The average molecular weight is 516 g/mol. The van der Waals surface area contributed by atoms with Crippen molar-refractivity contribution >= 4 is 23.7 Å². The number of carbonyl (C=O) groups excluding carboxylic acids is 1. The number of nitrogens with two attached hydrogens (primary N) is 1. The van der Waals surface area contributed by atoms with Crippen molar-refractivity contribution < 1.29 is 28.2 Å². The highest BCUT2D eigenvalue weighted by atomic mass is 19.1. The Bertz CT molecular complexity index is 1150. The molecule has 1 atom stereocenters. The van der Waals surface area contributed by atoms with E-state index in [4.69, 9.17) is 30.2 Å². The number of rotatable bonds is 7. The SMILES string of the molecule is CC1(C)OCC(CON=C2CCN(c3ncc(-c4cccc(COC(=O)NC(=N)N)c4F)cn3)CC2)O1. The quantitative estimate of drug-likeness (QED) is 0.286. The summed E-state index contributed by atoms with van der Waals surface area (Å²) < 4.78 is 31.1. The van der Waals surface area contributed by atoms with E-state index < -0.39 is 23.7 Å². The Morgan fingerprint density at radius 3 is 2.70 bits per heavy atom. The molecule has 2 aliphatic rings. The van der Waals surface area contributed by atoms with Crippen molar-refractivity contribution in [2.75, 3.05) is 31.2 Å². The number of oxime groups is 1. The maximum Gasteiger partial charge on any atom is 0.414 e. The van der Waals surface area contributed by atoms with Crippen LogP contribution >= 0.6 is 0 Å². The van der Waals surface area contributed by atoms with E-state index in [0.29, 0.717) is 50.7 Å². The number of ether oxygens (including phenoxy) is 3. The summed E-state index contributed by atoms with van der Waals surface area (Å²) in [6, 6.07) is 4.75. The molecule has 0 aliphatic carbocycles. The number of anilines is 1. The van der Waals surface area contributed by atoms with Crippen LogP contribution in [0.15, 0.2) is 35.7 Å². The molecule has 0 spiro atoms. The van der Waals surface area contributed by atoms with Crippen molar-refractivity contribution in [2.24, 2.45) is 10.9 Å². The fraction of sp³-hybridized carbons (Fsp3) is 0.458. The molecule has 37 heavy (non-hydrogen) atoms. The Morgan fingerprint density at radius 1 is 1.32 bits per heavy atom. The van der Waals surface area contributed by atoms with Gasteiger partial charge in [-0.2, -0.15) is 0 Å². The van der Waals surface area contributed by atoms with Crippen LogP contribution in [-0.2, 0) is 25.7 Å². The van der Waals surface area contributed by atoms with Gasteiger partial charge in [0.15, 0.2) is 11.7 Å². The minimum absolute atomic E-state index is 0.129. The van der Waals surface area contributed by atoms with Gasteiger partial charge in [-0.25, -0.2) is 19.2 Å². The third-order valence-corrected chi connectivity index (χ3v) is 5.77. The van der Waals surface area contributed by atoms with Crippen LogP contribution in [0, 0.1) is 11.2 Å². The van der Waals surface area contributed by atoms with E-state index >= 15 is 4.39 Å². The first kappa shape index (κ1) is 26.2. The van der Waals surface area contributed by atoms with Crippen molar-refractivity contribution in [1.29, 1.82) is 5.41 Å². The van der Waals surface area contributed by atoms with Gasteiger partial charge < -0.3 is 29.7 Å². The lowest BCUT2D eigenvalue weighted by Crippen LogP contribution is -2.36. The number of hydrogen-bond donors (Lipinski definition) is 3. The monoisotopic (exact) mass is 515 g/mol. The Balaban J connectivity index is 1.29. The predicted molar refractivity (Wildman–Crippen MR) is 132 cm³/mol. The lowest BCUT2D eigenvalue weighted by atomic mass is 10.1. The second-order valence-electron chi connectivity index (χ2n) is 9.06. The van der Waals surface area contributed by atoms with Gasteiger partial charge in [-0.1, -0.05) is 23.4 Å². The van der Waals surface area contributed by atoms with Gasteiger partial charge in [-0.15, -0.1) is 0 Å². The van der Waals surface area contributed by atoms with Gasteiger partial charge in [0.2, 0.25) is 5.95 Å². The van der Waals surface area contributed by atoms with Crippen LogP contribution in [-0.4, -0.2) is 65.9 Å². The number of halogens is 1. The number of nitrogens with zero attached hydrogens (tertiary/aromatic N) is 4.